The fourth-order valence-corrected chi connectivity index (χ4v) is 4.13. The number of nitrogens with zero attached hydrogens (tertiary/aromatic N) is 1. The summed E-state index contributed by atoms with van der Waals surface area (Å²) in [5.41, 5.74) is 4.00. The van der Waals surface area contributed by atoms with Crippen molar-refractivity contribution in [3.05, 3.63) is 71.4 Å². The predicted molar refractivity (Wildman–Crippen MR) is 115 cm³/mol. The highest BCUT2D eigenvalue weighted by molar-refractivity contribution is 6.01. The van der Waals surface area contributed by atoms with Crippen LogP contribution in [0.25, 0.3) is 10.9 Å². The molecule has 0 fully saturated rings. The highest BCUT2D eigenvalue weighted by atomic mass is 16.2. The molecule has 2 amide bonds. The van der Waals surface area contributed by atoms with Crippen molar-refractivity contribution in [2.75, 3.05) is 6.54 Å². The fourth-order valence-electron chi connectivity index (χ4n) is 4.13. The zero-order valence-corrected chi connectivity index (χ0v) is 16.9. The minimum atomic E-state index is -0.446. The van der Waals surface area contributed by atoms with E-state index in [-0.39, 0.29) is 11.8 Å². The van der Waals surface area contributed by atoms with E-state index in [0.717, 1.165) is 17.5 Å². The van der Waals surface area contributed by atoms with Crippen molar-refractivity contribution < 1.29 is 9.59 Å². The van der Waals surface area contributed by atoms with Crippen molar-refractivity contribution >= 4 is 22.7 Å². The summed E-state index contributed by atoms with van der Waals surface area (Å²) in [7, 11) is 0. The van der Waals surface area contributed by atoms with E-state index in [2.05, 4.69) is 30.2 Å². The number of hydrogen-bond donors (Lipinski definition) is 2. The number of H-pyrrole nitrogens is 1. The Bertz CT molecular complexity index is 1040. The highest BCUT2D eigenvalue weighted by Crippen LogP contribution is 2.27. The largest absolute Gasteiger partial charge is 0.361 e. The lowest BCUT2D eigenvalue weighted by molar-refractivity contribution is -0.126. The Morgan fingerprint density at radius 2 is 1.90 bits per heavy atom. The number of aromatic amines is 1. The van der Waals surface area contributed by atoms with Crippen LogP contribution < -0.4 is 5.32 Å². The van der Waals surface area contributed by atoms with Gasteiger partial charge in [-0.05, 0) is 42.0 Å². The van der Waals surface area contributed by atoms with Crippen LogP contribution in [-0.4, -0.2) is 34.3 Å². The number of aromatic nitrogens is 1. The van der Waals surface area contributed by atoms with Crippen LogP contribution in [0.2, 0.25) is 0 Å². The van der Waals surface area contributed by atoms with Crippen LogP contribution in [-0.2, 0) is 17.8 Å². The van der Waals surface area contributed by atoms with Crippen LogP contribution in [0, 0.1) is 5.92 Å². The quantitative estimate of drug-likeness (QED) is 0.644. The standard InChI is InChI=1S/C24H27N3O2/c1-16(2)13-22(27-15-18-7-3-4-9-20(18)24(27)29)23(28)25-12-11-17-14-26-21-10-6-5-8-19(17)21/h3-10,14,16,22,26H,11-13,15H2,1-2H3,(H,25,28)/t22-/m1/s1. The van der Waals surface area contributed by atoms with Gasteiger partial charge in [0.2, 0.25) is 5.91 Å². The number of amides is 2. The number of nitrogens with one attached hydrogen (secondary N) is 2. The third-order valence-corrected chi connectivity index (χ3v) is 5.59. The van der Waals surface area contributed by atoms with Gasteiger partial charge in [0.25, 0.3) is 5.91 Å². The maximum atomic E-state index is 13.0. The van der Waals surface area contributed by atoms with Gasteiger partial charge in [0, 0.05) is 35.8 Å². The van der Waals surface area contributed by atoms with Gasteiger partial charge in [0.15, 0.2) is 0 Å². The summed E-state index contributed by atoms with van der Waals surface area (Å²) >= 11 is 0. The molecule has 0 saturated heterocycles. The molecular formula is C24H27N3O2. The summed E-state index contributed by atoms with van der Waals surface area (Å²) in [4.78, 5) is 30.9. The normalized spacial score (nSPS) is 14.4. The molecule has 1 aliphatic heterocycles. The van der Waals surface area contributed by atoms with Gasteiger partial charge in [-0.25, -0.2) is 0 Å². The van der Waals surface area contributed by atoms with E-state index in [4.69, 9.17) is 0 Å². The predicted octanol–water partition coefficient (Wildman–Crippen LogP) is 3.90. The third-order valence-electron chi connectivity index (χ3n) is 5.59. The first-order valence-corrected chi connectivity index (χ1v) is 10.3. The molecule has 0 aliphatic carbocycles. The van der Waals surface area contributed by atoms with Crippen LogP contribution >= 0.6 is 0 Å². The zero-order valence-electron chi connectivity index (χ0n) is 16.9. The Morgan fingerprint density at radius 1 is 1.14 bits per heavy atom. The molecular weight excluding hydrogens is 362 g/mol. The van der Waals surface area contributed by atoms with Crippen LogP contribution in [0.5, 0.6) is 0 Å². The molecule has 3 aromatic rings. The average molecular weight is 389 g/mol. The second-order valence-electron chi connectivity index (χ2n) is 8.14. The summed E-state index contributed by atoms with van der Waals surface area (Å²) in [6.45, 7) is 5.21. The Hall–Kier alpha value is -3.08. The molecule has 0 unspecified atom stereocenters. The number of benzene rings is 2. The number of carbonyl (C=O) groups is 2. The molecule has 2 heterocycles. The van der Waals surface area contributed by atoms with Gasteiger partial charge < -0.3 is 15.2 Å². The van der Waals surface area contributed by atoms with E-state index in [1.165, 1.54) is 10.9 Å². The fraction of sp³-hybridized carbons (Fsp3) is 0.333. The highest BCUT2D eigenvalue weighted by Gasteiger charge is 2.36. The van der Waals surface area contributed by atoms with Crippen LogP contribution in [0.15, 0.2) is 54.7 Å². The topological polar surface area (TPSA) is 65.2 Å². The van der Waals surface area contributed by atoms with Gasteiger partial charge in [-0.2, -0.15) is 0 Å². The zero-order chi connectivity index (χ0) is 20.4. The Morgan fingerprint density at radius 3 is 2.69 bits per heavy atom. The molecule has 0 radical (unpaired) electrons. The molecule has 1 aliphatic rings. The van der Waals surface area contributed by atoms with Crippen molar-refractivity contribution in [1.29, 1.82) is 0 Å². The number of rotatable bonds is 7. The Balaban J connectivity index is 1.43. The smallest absolute Gasteiger partial charge is 0.255 e. The molecule has 2 N–H and O–H groups in total. The van der Waals surface area contributed by atoms with E-state index in [1.54, 1.807) is 4.90 Å². The number of fused-ring (bicyclic) bond motifs is 2. The van der Waals surface area contributed by atoms with Crippen molar-refractivity contribution in [3.63, 3.8) is 0 Å². The lowest BCUT2D eigenvalue weighted by Gasteiger charge is -2.28. The molecule has 1 aromatic heterocycles. The first-order chi connectivity index (χ1) is 14.0. The van der Waals surface area contributed by atoms with E-state index in [9.17, 15) is 9.59 Å². The van der Waals surface area contributed by atoms with Gasteiger partial charge in [0.05, 0.1) is 0 Å². The van der Waals surface area contributed by atoms with Crippen molar-refractivity contribution in [3.8, 4) is 0 Å². The van der Waals surface area contributed by atoms with E-state index in [1.807, 2.05) is 48.7 Å². The summed E-state index contributed by atoms with van der Waals surface area (Å²) in [6, 6.07) is 15.3. The molecule has 0 saturated carbocycles. The van der Waals surface area contributed by atoms with Gasteiger partial charge in [-0.3, -0.25) is 9.59 Å². The molecule has 0 bridgehead atoms. The molecule has 1 atom stereocenters. The minimum Gasteiger partial charge on any atom is -0.361 e. The lowest BCUT2D eigenvalue weighted by atomic mass is 10.0. The summed E-state index contributed by atoms with van der Waals surface area (Å²) in [5.74, 6) is 0.202. The Kier molecular flexibility index (Phi) is 5.38. The SMILES string of the molecule is CC(C)C[C@H](C(=O)NCCc1c[nH]c2ccccc12)N1Cc2ccccc2C1=O. The molecule has 5 heteroatoms. The van der Waals surface area contributed by atoms with Crippen molar-refractivity contribution in [2.45, 2.75) is 39.3 Å². The second kappa shape index (κ2) is 8.11. The molecule has 2 aromatic carbocycles. The van der Waals surface area contributed by atoms with Crippen LogP contribution in [0.3, 0.4) is 0 Å². The van der Waals surface area contributed by atoms with Gasteiger partial charge >= 0.3 is 0 Å². The summed E-state index contributed by atoms with van der Waals surface area (Å²) in [6.07, 6.45) is 3.40. The van der Waals surface area contributed by atoms with E-state index < -0.39 is 6.04 Å². The molecule has 0 spiro atoms. The first kappa shape index (κ1) is 19.2. The Labute approximate surface area is 171 Å². The van der Waals surface area contributed by atoms with Gasteiger partial charge in [-0.1, -0.05) is 50.2 Å². The molecule has 29 heavy (non-hydrogen) atoms. The summed E-state index contributed by atoms with van der Waals surface area (Å²) < 4.78 is 0. The van der Waals surface area contributed by atoms with Crippen molar-refractivity contribution in [1.82, 2.24) is 15.2 Å². The number of carbonyl (C=O) groups excluding carboxylic acids is 2. The second-order valence-corrected chi connectivity index (χ2v) is 8.14. The maximum absolute atomic E-state index is 13.0. The van der Waals surface area contributed by atoms with Gasteiger partial charge in [0.1, 0.15) is 6.04 Å². The maximum Gasteiger partial charge on any atom is 0.255 e. The molecule has 150 valence electrons. The summed E-state index contributed by atoms with van der Waals surface area (Å²) in [5, 5.41) is 4.25. The van der Waals surface area contributed by atoms with Crippen molar-refractivity contribution in [2.24, 2.45) is 5.92 Å². The monoisotopic (exact) mass is 389 g/mol. The van der Waals surface area contributed by atoms with Gasteiger partial charge in [-0.15, -0.1) is 0 Å². The lowest BCUT2D eigenvalue weighted by Crippen LogP contribution is -2.48. The minimum absolute atomic E-state index is 0.0435. The molecule has 4 rings (SSSR count). The molecule has 5 nitrogen and oxygen atoms in total. The first-order valence-electron chi connectivity index (χ1n) is 10.3. The van der Waals surface area contributed by atoms with Crippen LogP contribution in [0.4, 0.5) is 0 Å². The van der Waals surface area contributed by atoms with E-state index in [0.29, 0.717) is 31.0 Å². The number of para-hydroxylation sites is 1. The van der Waals surface area contributed by atoms with E-state index >= 15 is 0 Å². The van der Waals surface area contributed by atoms with Crippen LogP contribution in [0.1, 0.15) is 41.8 Å². The average Bonchev–Trinajstić information content (AvgIpc) is 3.28. The number of hydrogen-bond acceptors (Lipinski definition) is 2. The third kappa shape index (κ3) is 3.90.